The number of ether oxygens (including phenoxy) is 1. The zero-order valence-corrected chi connectivity index (χ0v) is 16.6. The molecule has 1 fully saturated rings. The first kappa shape index (κ1) is 18.5. The standard InChI is InChI=1S/C23H23N5O2/c29-23(30-15-17-5-2-1-3-6-17)28-20-7-4-8-21(28)12-18(11-20)19-13-25-22(26-14-19)27-10-9-24-16-27/h1-3,5-6,9-11,13-14,16,20-21H,4,7-8,12,15H2. The third kappa shape index (κ3) is 3.70. The van der Waals surface area contributed by atoms with Gasteiger partial charge in [0.1, 0.15) is 12.9 Å². The van der Waals surface area contributed by atoms with E-state index >= 15 is 0 Å². The molecule has 1 amide bonds. The molecule has 0 radical (unpaired) electrons. The molecule has 2 bridgehead atoms. The van der Waals surface area contributed by atoms with Crippen LogP contribution in [0.5, 0.6) is 0 Å². The Hall–Kier alpha value is -3.48. The largest absolute Gasteiger partial charge is 0.445 e. The summed E-state index contributed by atoms with van der Waals surface area (Å²) in [7, 11) is 0. The Labute approximate surface area is 175 Å². The molecule has 4 heterocycles. The Balaban J connectivity index is 1.31. The molecule has 30 heavy (non-hydrogen) atoms. The van der Waals surface area contributed by atoms with Gasteiger partial charge >= 0.3 is 6.09 Å². The lowest BCUT2D eigenvalue weighted by atomic mass is 9.83. The van der Waals surface area contributed by atoms with E-state index in [2.05, 4.69) is 21.0 Å². The lowest BCUT2D eigenvalue weighted by Crippen LogP contribution is -2.51. The molecule has 5 rings (SSSR count). The fraction of sp³-hybridized carbons (Fsp3) is 0.304. The highest BCUT2D eigenvalue weighted by Gasteiger charge is 2.38. The number of nitrogens with zero attached hydrogens (tertiary/aromatic N) is 5. The first-order valence-electron chi connectivity index (χ1n) is 10.3. The summed E-state index contributed by atoms with van der Waals surface area (Å²) in [6.07, 6.45) is 14.7. The number of piperidine rings is 1. The Kier molecular flexibility index (Phi) is 5.01. The van der Waals surface area contributed by atoms with E-state index in [0.29, 0.717) is 12.6 Å². The van der Waals surface area contributed by atoms with Crippen LogP contribution in [0.3, 0.4) is 0 Å². The third-order valence-corrected chi connectivity index (χ3v) is 5.80. The SMILES string of the molecule is O=C(OCc1ccccc1)N1C2C=C(c3cnc(-n4ccnc4)nc3)CC1CCC2. The minimum atomic E-state index is -0.226. The van der Waals surface area contributed by atoms with Gasteiger partial charge in [0, 0.05) is 36.4 Å². The average Bonchev–Trinajstić information content (AvgIpc) is 3.32. The van der Waals surface area contributed by atoms with E-state index in [1.807, 2.05) is 53.8 Å². The van der Waals surface area contributed by atoms with Gasteiger partial charge in [0.25, 0.3) is 0 Å². The topological polar surface area (TPSA) is 73.1 Å². The van der Waals surface area contributed by atoms with Gasteiger partial charge in [0.15, 0.2) is 0 Å². The molecule has 152 valence electrons. The summed E-state index contributed by atoms with van der Waals surface area (Å²) in [5.41, 5.74) is 3.21. The van der Waals surface area contributed by atoms with Crippen LogP contribution in [0.15, 0.2) is 67.5 Å². The van der Waals surface area contributed by atoms with Crippen molar-refractivity contribution in [3.8, 4) is 5.95 Å². The molecule has 2 aliphatic rings. The number of benzene rings is 1. The van der Waals surface area contributed by atoms with Crippen molar-refractivity contribution in [1.82, 2.24) is 24.4 Å². The number of amides is 1. The normalized spacial score (nSPS) is 20.5. The molecule has 0 N–H and O–H groups in total. The number of fused-ring (bicyclic) bond motifs is 2. The molecular formula is C23H23N5O2. The van der Waals surface area contributed by atoms with Crippen molar-refractivity contribution >= 4 is 11.7 Å². The molecule has 2 aliphatic heterocycles. The number of hydrogen-bond acceptors (Lipinski definition) is 5. The zero-order valence-electron chi connectivity index (χ0n) is 16.6. The van der Waals surface area contributed by atoms with E-state index in [-0.39, 0.29) is 18.2 Å². The molecule has 2 aromatic heterocycles. The fourth-order valence-electron chi connectivity index (χ4n) is 4.32. The van der Waals surface area contributed by atoms with Crippen LogP contribution in [-0.2, 0) is 11.3 Å². The van der Waals surface area contributed by atoms with Gasteiger partial charge in [-0.1, -0.05) is 36.4 Å². The van der Waals surface area contributed by atoms with Crippen LogP contribution >= 0.6 is 0 Å². The van der Waals surface area contributed by atoms with Gasteiger partial charge in [-0.3, -0.25) is 9.47 Å². The van der Waals surface area contributed by atoms with Crippen LogP contribution in [0.1, 0.15) is 36.8 Å². The van der Waals surface area contributed by atoms with Crippen LogP contribution in [0.2, 0.25) is 0 Å². The van der Waals surface area contributed by atoms with Crippen LogP contribution in [0, 0.1) is 0 Å². The minimum Gasteiger partial charge on any atom is -0.445 e. The summed E-state index contributed by atoms with van der Waals surface area (Å²) in [5.74, 6) is 0.596. The fourth-order valence-corrected chi connectivity index (χ4v) is 4.32. The summed E-state index contributed by atoms with van der Waals surface area (Å²) in [6.45, 7) is 0.301. The highest BCUT2D eigenvalue weighted by molar-refractivity contribution is 5.74. The predicted molar refractivity (Wildman–Crippen MR) is 112 cm³/mol. The Morgan fingerprint density at radius 2 is 1.97 bits per heavy atom. The number of aromatic nitrogens is 4. The number of imidazole rings is 1. The first-order valence-corrected chi connectivity index (χ1v) is 10.3. The second kappa shape index (κ2) is 8.10. The van der Waals surface area contributed by atoms with Crippen LogP contribution in [-0.4, -0.2) is 42.6 Å². The summed E-state index contributed by atoms with van der Waals surface area (Å²) in [5, 5.41) is 0. The number of carbonyl (C=O) groups is 1. The van der Waals surface area contributed by atoms with Crippen molar-refractivity contribution in [1.29, 1.82) is 0 Å². The van der Waals surface area contributed by atoms with Crippen molar-refractivity contribution in [2.24, 2.45) is 0 Å². The summed E-state index contributed by atoms with van der Waals surface area (Å²) in [6, 6.07) is 10.0. The van der Waals surface area contributed by atoms with Gasteiger partial charge < -0.3 is 4.74 Å². The molecule has 3 aromatic rings. The molecule has 1 saturated heterocycles. The van der Waals surface area contributed by atoms with Gasteiger partial charge in [0.05, 0.1) is 6.04 Å². The maximum absolute atomic E-state index is 12.8. The smallest absolute Gasteiger partial charge is 0.410 e. The molecule has 7 nitrogen and oxygen atoms in total. The number of rotatable bonds is 4. The van der Waals surface area contributed by atoms with E-state index in [9.17, 15) is 4.79 Å². The molecular weight excluding hydrogens is 378 g/mol. The average molecular weight is 401 g/mol. The summed E-state index contributed by atoms with van der Waals surface area (Å²) >= 11 is 0. The lowest BCUT2D eigenvalue weighted by Gasteiger charge is -2.44. The van der Waals surface area contributed by atoms with E-state index in [1.54, 1.807) is 17.1 Å². The van der Waals surface area contributed by atoms with Crippen molar-refractivity contribution in [2.75, 3.05) is 0 Å². The quantitative estimate of drug-likeness (QED) is 0.660. The molecule has 7 heteroatoms. The summed E-state index contributed by atoms with van der Waals surface area (Å²) < 4.78 is 7.40. The highest BCUT2D eigenvalue weighted by atomic mass is 16.6. The van der Waals surface area contributed by atoms with E-state index < -0.39 is 0 Å². The molecule has 2 atom stereocenters. The first-order chi connectivity index (χ1) is 14.8. The molecule has 2 unspecified atom stereocenters. The Bertz CT molecular complexity index is 1030. The van der Waals surface area contributed by atoms with Gasteiger partial charge in [-0.2, -0.15) is 0 Å². The Morgan fingerprint density at radius 3 is 2.70 bits per heavy atom. The molecule has 0 aliphatic carbocycles. The van der Waals surface area contributed by atoms with Gasteiger partial charge in [-0.25, -0.2) is 19.7 Å². The third-order valence-electron chi connectivity index (χ3n) is 5.80. The van der Waals surface area contributed by atoms with Gasteiger partial charge in [0.2, 0.25) is 5.95 Å². The van der Waals surface area contributed by atoms with Gasteiger partial charge in [-0.05, 0) is 36.8 Å². The van der Waals surface area contributed by atoms with Crippen molar-refractivity contribution < 1.29 is 9.53 Å². The Morgan fingerprint density at radius 1 is 1.13 bits per heavy atom. The molecule has 0 spiro atoms. The molecule has 0 saturated carbocycles. The second-order valence-electron chi connectivity index (χ2n) is 7.74. The van der Waals surface area contributed by atoms with Gasteiger partial charge in [-0.15, -0.1) is 0 Å². The van der Waals surface area contributed by atoms with E-state index in [1.165, 1.54) is 5.57 Å². The lowest BCUT2D eigenvalue weighted by molar-refractivity contribution is 0.0510. The van der Waals surface area contributed by atoms with E-state index in [0.717, 1.165) is 36.8 Å². The second-order valence-corrected chi connectivity index (χ2v) is 7.74. The van der Waals surface area contributed by atoms with Crippen molar-refractivity contribution in [2.45, 2.75) is 44.4 Å². The van der Waals surface area contributed by atoms with Crippen LogP contribution in [0.4, 0.5) is 4.79 Å². The monoisotopic (exact) mass is 401 g/mol. The van der Waals surface area contributed by atoms with E-state index in [4.69, 9.17) is 4.74 Å². The number of hydrogen-bond donors (Lipinski definition) is 0. The van der Waals surface area contributed by atoms with Crippen LogP contribution < -0.4 is 0 Å². The highest BCUT2D eigenvalue weighted by Crippen LogP contribution is 2.37. The van der Waals surface area contributed by atoms with Crippen LogP contribution in [0.25, 0.3) is 11.5 Å². The van der Waals surface area contributed by atoms with Crippen molar-refractivity contribution in [3.05, 3.63) is 78.6 Å². The minimum absolute atomic E-state index is 0.0594. The number of carbonyl (C=O) groups excluding carboxylic acids is 1. The maximum atomic E-state index is 12.8. The van der Waals surface area contributed by atoms with Crippen molar-refractivity contribution in [3.63, 3.8) is 0 Å². The zero-order chi connectivity index (χ0) is 20.3. The summed E-state index contributed by atoms with van der Waals surface area (Å²) in [4.78, 5) is 27.7. The molecule has 1 aromatic carbocycles. The maximum Gasteiger partial charge on any atom is 0.410 e. The predicted octanol–water partition coefficient (Wildman–Crippen LogP) is 4.01.